The normalized spacial score (nSPS) is 16.6. The maximum absolute atomic E-state index is 8.43. The molecule has 0 aliphatic carbocycles. The number of hydrazone groups is 1. The van der Waals surface area contributed by atoms with Gasteiger partial charge in [0, 0.05) is 16.5 Å². The minimum absolute atomic E-state index is 0.330. The highest BCUT2D eigenvalue weighted by atomic mass is 32.2. The molecule has 2 N–H and O–H groups in total. The van der Waals surface area contributed by atoms with Crippen LogP contribution < -0.4 is 5.01 Å². The van der Waals surface area contributed by atoms with Crippen LogP contribution in [0.25, 0.3) is 5.57 Å². The van der Waals surface area contributed by atoms with Crippen LogP contribution in [-0.2, 0) is 0 Å². The van der Waals surface area contributed by atoms with E-state index in [9.17, 15) is 0 Å². The average Bonchev–Trinajstić information content (AvgIpc) is 3.22. The molecule has 23 heavy (non-hydrogen) atoms. The highest BCUT2D eigenvalue weighted by molar-refractivity contribution is 7.98. The highest BCUT2D eigenvalue weighted by Gasteiger charge is 2.24. The first-order valence-corrected chi connectivity index (χ1v) is 8.41. The second kappa shape index (κ2) is 6.66. The van der Waals surface area contributed by atoms with E-state index in [4.69, 9.17) is 5.41 Å². The number of nitrogens with zero attached hydrogens (tertiary/aromatic N) is 3. The van der Waals surface area contributed by atoms with Crippen molar-refractivity contribution in [2.45, 2.75) is 11.8 Å². The van der Waals surface area contributed by atoms with Gasteiger partial charge >= 0.3 is 0 Å². The fraction of sp³-hybridized carbons (Fsp3) is 0.118. The lowest BCUT2D eigenvalue weighted by Gasteiger charge is -2.13. The first-order chi connectivity index (χ1) is 11.2. The molecule has 0 amide bonds. The van der Waals surface area contributed by atoms with Crippen molar-refractivity contribution in [2.75, 3.05) is 11.3 Å². The van der Waals surface area contributed by atoms with Gasteiger partial charge in [-0.25, -0.2) is 0 Å². The molecular weight excluding hydrogens is 306 g/mol. The average molecular weight is 323 g/mol. The van der Waals surface area contributed by atoms with Crippen LogP contribution in [0, 0.1) is 5.41 Å². The molecule has 0 radical (unpaired) electrons. The van der Waals surface area contributed by atoms with Crippen molar-refractivity contribution < 1.29 is 0 Å². The summed E-state index contributed by atoms with van der Waals surface area (Å²) in [6.45, 7) is 1.97. The van der Waals surface area contributed by atoms with Crippen molar-refractivity contribution in [3.63, 3.8) is 0 Å². The summed E-state index contributed by atoms with van der Waals surface area (Å²) in [6.07, 6.45) is 9.42. The van der Waals surface area contributed by atoms with Crippen LogP contribution in [0.5, 0.6) is 0 Å². The molecule has 0 fully saturated rings. The number of benzene rings is 1. The van der Waals surface area contributed by atoms with Crippen LogP contribution >= 0.6 is 11.8 Å². The molecule has 1 aliphatic rings. The Balaban J connectivity index is 2.01. The number of allylic oxidation sites excluding steroid dienone is 3. The van der Waals surface area contributed by atoms with Gasteiger partial charge in [-0.3, -0.25) is 10.5 Å². The number of hydrogen-bond donors (Lipinski definition) is 2. The molecule has 1 aromatic heterocycles. The van der Waals surface area contributed by atoms with E-state index in [2.05, 4.69) is 45.8 Å². The van der Waals surface area contributed by atoms with Gasteiger partial charge in [0.25, 0.3) is 0 Å². The van der Waals surface area contributed by atoms with E-state index in [0.717, 1.165) is 16.7 Å². The molecule has 116 valence electrons. The molecule has 5 nitrogen and oxygen atoms in total. The highest BCUT2D eigenvalue weighted by Crippen LogP contribution is 2.27. The van der Waals surface area contributed by atoms with E-state index in [-0.39, 0.29) is 0 Å². The Morgan fingerprint density at radius 1 is 1.26 bits per heavy atom. The maximum Gasteiger partial charge on any atom is 0.157 e. The molecule has 0 spiro atoms. The molecule has 2 aromatic rings. The SMILES string of the molecule is C/C=C/C(=C1/C=NN(c2ccn[nH]2)C1=N)c1ccc(SC)cc1. The van der Waals surface area contributed by atoms with Gasteiger partial charge in [0.15, 0.2) is 11.7 Å². The summed E-state index contributed by atoms with van der Waals surface area (Å²) in [4.78, 5) is 1.22. The third kappa shape index (κ3) is 2.98. The smallest absolute Gasteiger partial charge is 0.157 e. The predicted octanol–water partition coefficient (Wildman–Crippen LogP) is 3.94. The quantitative estimate of drug-likeness (QED) is 0.837. The number of anilines is 1. The van der Waals surface area contributed by atoms with E-state index in [1.165, 1.54) is 4.90 Å². The first-order valence-electron chi connectivity index (χ1n) is 7.18. The number of rotatable bonds is 4. The van der Waals surface area contributed by atoms with Crippen LogP contribution in [0.3, 0.4) is 0 Å². The second-order valence-electron chi connectivity index (χ2n) is 4.90. The largest absolute Gasteiger partial charge is 0.282 e. The van der Waals surface area contributed by atoms with Crippen LogP contribution in [0.15, 0.2) is 64.3 Å². The summed E-state index contributed by atoms with van der Waals surface area (Å²) < 4.78 is 0. The van der Waals surface area contributed by atoms with Gasteiger partial charge in [0.2, 0.25) is 0 Å². The van der Waals surface area contributed by atoms with E-state index in [0.29, 0.717) is 11.7 Å². The lowest BCUT2D eigenvalue weighted by molar-refractivity contribution is 1.02. The summed E-state index contributed by atoms with van der Waals surface area (Å²) in [5.74, 6) is 1.01. The fourth-order valence-corrected chi connectivity index (χ4v) is 2.78. The third-order valence-corrected chi connectivity index (χ3v) is 4.25. The molecule has 2 heterocycles. The minimum Gasteiger partial charge on any atom is -0.282 e. The Labute approximate surface area is 139 Å². The summed E-state index contributed by atoms with van der Waals surface area (Å²) in [6, 6.07) is 10.1. The summed E-state index contributed by atoms with van der Waals surface area (Å²) in [5.41, 5.74) is 2.84. The summed E-state index contributed by atoms with van der Waals surface area (Å²) in [7, 11) is 0. The van der Waals surface area contributed by atoms with Gasteiger partial charge in [0.05, 0.1) is 12.4 Å². The molecule has 1 aliphatic heterocycles. The van der Waals surface area contributed by atoms with Gasteiger partial charge in [-0.2, -0.15) is 15.2 Å². The van der Waals surface area contributed by atoms with Crippen LogP contribution in [0.1, 0.15) is 12.5 Å². The summed E-state index contributed by atoms with van der Waals surface area (Å²) in [5, 5.41) is 21.0. The Morgan fingerprint density at radius 2 is 2.04 bits per heavy atom. The monoisotopic (exact) mass is 323 g/mol. The molecule has 3 rings (SSSR count). The number of thioether (sulfide) groups is 1. The zero-order chi connectivity index (χ0) is 16.2. The number of H-pyrrole nitrogens is 1. The van der Waals surface area contributed by atoms with Crippen LogP contribution in [-0.4, -0.2) is 28.5 Å². The minimum atomic E-state index is 0.330. The maximum atomic E-state index is 8.43. The molecule has 0 unspecified atom stereocenters. The number of hydrogen-bond acceptors (Lipinski definition) is 4. The van der Waals surface area contributed by atoms with Gasteiger partial charge in [0.1, 0.15) is 0 Å². The summed E-state index contributed by atoms with van der Waals surface area (Å²) >= 11 is 1.71. The molecular formula is C17H17N5S. The second-order valence-corrected chi connectivity index (χ2v) is 5.78. The van der Waals surface area contributed by atoms with Crippen molar-refractivity contribution >= 4 is 35.2 Å². The van der Waals surface area contributed by atoms with Gasteiger partial charge in [-0.05, 0) is 36.4 Å². The predicted molar refractivity (Wildman–Crippen MR) is 97.2 cm³/mol. The standard InChI is InChI=1S/C17H17N5S/c1-3-4-14(12-5-7-13(23-2)8-6-12)15-11-20-22(17(15)18)16-9-10-19-21-16/h3-11,18H,1-2H3,(H,19,21)/b4-3+,15-14+,18-17?. The van der Waals surface area contributed by atoms with Crippen LogP contribution in [0.4, 0.5) is 5.82 Å². The van der Waals surface area contributed by atoms with Crippen LogP contribution in [0.2, 0.25) is 0 Å². The van der Waals surface area contributed by atoms with E-state index in [1.54, 1.807) is 35.2 Å². The first kappa shape index (κ1) is 15.3. The molecule has 0 saturated heterocycles. The van der Waals surface area contributed by atoms with Gasteiger partial charge in [-0.1, -0.05) is 24.3 Å². The molecule has 0 bridgehead atoms. The van der Waals surface area contributed by atoms with Crippen molar-refractivity contribution in [3.05, 3.63) is 59.8 Å². The van der Waals surface area contributed by atoms with E-state index in [1.807, 2.05) is 19.1 Å². The molecule has 1 aromatic carbocycles. The fourth-order valence-electron chi connectivity index (χ4n) is 2.37. The zero-order valence-corrected chi connectivity index (χ0v) is 13.8. The number of amidine groups is 1. The topological polar surface area (TPSA) is 68.1 Å². The lowest BCUT2D eigenvalue weighted by atomic mass is 9.99. The van der Waals surface area contributed by atoms with E-state index >= 15 is 0 Å². The van der Waals surface area contributed by atoms with Gasteiger partial charge in [-0.15, -0.1) is 11.8 Å². The number of nitrogens with one attached hydrogen (secondary N) is 2. The van der Waals surface area contributed by atoms with Crippen molar-refractivity contribution in [1.82, 2.24) is 10.2 Å². The Hall–Kier alpha value is -2.60. The van der Waals surface area contributed by atoms with Crippen molar-refractivity contribution in [2.24, 2.45) is 5.10 Å². The third-order valence-electron chi connectivity index (χ3n) is 3.51. The molecule has 0 atom stereocenters. The molecule has 0 saturated carbocycles. The lowest BCUT2D eigenvalue weighted by Crippen LogP contribution is -2.21. The Morgan fingerprint density at radius 3 is 2.65 bits per heavy atom. The number of aromatic nitrogens is 2. The van der Waals surface area contributed by atoms with E-state index < -0.39 is 0 Å². The Bertz CT molecular complexity index is 785. The van der Waals surface area contributed by atoms with Crippen molar-refractivity contribution in [3.8, 4) is 0 Å². The van der Waals surface area contributed by atoms with Gasteiger partial charge < -0.3 is 0 Å². The molecule has 6 heteroatoms. The zero-order valence-electron chi connectivity index (χ0n) is 12.9. The number of aromatic amines is 1. The Kier molecular flexibility index (Phi) is 4.43. The van der Waals surface area contributed by atoms with Crippen molar-refractivity contribution in [1.29, 1.82) is 5.41 Å².